The number of carbonyl (C=O) groups excluding carboxylic acids is 1. The van der Waals surface area contributed by atoms with Crippen LogP contribution in [0.5, 0.6) is 0 Å². The SMILES string of the molecule is CCCCCC/C=C\CCCCCCCCC(O)C(=O)NC(CO)C(O)/C=C/CC/C=C/CCCCCCCCCCCCCCCCCC. The molecule has 50 heavy (non-hydrogen) atoms. The zero-order valence-electron chi connectivity index (χ0n) is 33.3. The van der Waals surface area contributed by atoms with Gasteiger partial charge in [0.1, 0.15) is 6.10 Å². The van der Waals surface area contributed by atoms with Crippen LogP contribution in [0.15, 0.2) is 36.5 Å². The van der Waals surface area contributed by atoms with Crippen molar-refractivity contribution in [2.75, 3.05) is 6.61 Å². The molecular formula is C45H85NO4. The lowest BCUT2D eigenvalue weighted by atomic mass is 10.0. The van der Waals surface area contributed by atoms with Crippen molar-refractivity contribution < 1.29 is 20.1 Å². The van der Waals surface area contributed by atoms with E-state index in [9.17, 15) is 20.1 Å². The zero-order chi connectivity index (χ0) is 36.6. The van der Waals surface area contributed by atoms with Gasteiger partial charge >= 0.3 is 0 Å². The Labute approximate surface area is 311 Å². The first kappa shape index (κ1) is 48.6. The molecule has 0 fully saturated rings. The third-order valence-electron chi connectivity index (χ3n) is 9.95. The third-order valence-corrected chi connectivity index (χ3v) is 9.95. The molecular weight excluding hydrogens is 618 g/mol. The minimum atomic E-state index is -1.11. The van der Waals surface area contributed by atoms with E-state index in [1.807, 2.05) is 6.08 Å². The largest absolute Gasteiger partial charge is 0.394 e. The van der Waals surface area contributed by atoms with Gasteiger partial charge in [-0.3, -0.25) is 4.79 Å². The number of nitrogens with one attached hydrogen (secondary N) is 1. The fourth-order valence-corrected chi connectivity index (χ4v) is 6.49. The van der Waals surface area contributed by atoms with E-state index in [0.29, 0.717) is 6.42 Å². The summed E-state index contributed by atoms with van der Waals surface area (Å²) in [5, 5.41) is 33.1. The number of aliphatic hydroxyl groups is 3. The Kier molecular flexibility index (Phi) is 39.2. The highest BCUT2D eigenvalue weighted by atomic mass is 16.3. The molecule has 0 saturated heterocycles. The van der Waals surface area contributed by atoms with Crippen LogP contribution in [-0.4, -0.2) is 46.1 Å². The van der Waals surface area contributed by atoms with Crippen molar-refractivity contribution in [3.05, 3.63) is 36.5 Å². The predicted molar refractivity (Wildman–Crippen MR) is 218 cm³/mol. The summed E-state index contributed by atoms with van der Waals surface area (Å²) in [6, 6.07) is -0.816. The molecule has 1 amide bonds. The molecule has 0 aliphatic rings. The van der Waals surface area contributed by atoms with Crippen LogP contribution in [0.4, 0.5) is 0 Å². The summed E-state index contributed by atoms with van der Waals surface area (Å²) in [6.45, 7) is 4.15. The fraction of sp³-hybridized carbons (Fsp3) is 0.844. The van der Waals surface area contributed by atoms with Gasteiger partial charge in [0.05, 0.1) is 18.8 Å². The Morgan fingerprint density at radius 1 is 0.480 bits per heavy atom. The van der Waals surface area contributed by atoms with Crippen LogP contribution in [-0.2, 0) is 4.79 Å². The van der Waals surface area contributed by atoms with Crippen molar-refractivity contribution in [2.24, 2.45) is 0 Å². The summed E-state index contributed by atoms with van der Waals surface area (Å²) in [5.41, 5.74) is 0. The fourth-order valence-electron chi connectivity index (χ4n) is 6.49. The van der Waals surface area contributed by atoms with Crippen molar-refractivity contribution in [2.45, 2.75) is 238 Å². The molecule has 0 saturated carbocycles. The van der Waals surface area contributed by atoms with Gasteiger partial charge in [-0.05, 0) is 57.8 Å². The Hall–Kier alpha value is -1.43. The molecule has 0 heterocycles. The van der Waals surface area contributed by atoms with Gasteiger partial charge in [0.2, 0.25) is 5.91 Å². The van der Waals surface area contributed by atoms with E-state index in [4.69, 9.17) is 0 Å². The lowest BCUT2D eigenvalue weighted by Gasteiger charge is -2.21. The molecule has 0 rings (SSSR count). The highest BCUT2D eigenvalue weighted by Gasteiger charge is 2.22. The second kappa shape index (κ2) is 40.3. The maximum Gasteiger partial charge on any atom is 0.249 e. The molecule has 0 aromatic rings. The van der Waals surface area contributed by atoms with E-state index in [0.717, 1.165) is 44.9 Å². The normalized spacial score (nSPS) is 13.9. The number of unbranched alkanes of at least 4 members (excludes halogenated alkanes) is 27. The Balaban J connectivity index is 3.71. The standard InChI is InChI=1S/C45H85NO4/c1-3-5-7-9-11-13-15-17-19-20-21-22-23-24-25-26-28-29-31-33-35-37-39-43(48)42(41-47)46-45(50)44(49)40-38-36-34-32-30-27-18-16-14-12-10-8-6-4-2/h14,16,29,31,37,39,42-44,47-49H,3-13,15,17-28,30,32-36,38,40-41H2,1-2H3,(H,46,50)/b16-14-,31-29+,39-37+. The van der Waals surface area contributed by atoms with Crippen molar-refractivity contribution in [3.8, 4) is 0 Å². The lowest BCUT2D eigenvalue weighted by Crippen LogP contribution is -2.48. The maximum atomic E-state index is 12.4. The number of hydrogen-bond donors (Lipinski definition) is 4. The van der Waals surface area contributed by atoms with Gasteiger partial charge in [-0.2, -0.15) is 0 Å². The van der Waals surface area contributed by atoms with Crippen molar-refractivity contribution in [3.63, 3.8) is 0 Å². The van der Waals surface area contributed by atoms with Crippen LogP contribution < -0.4 is 5.32 Å². The average molecular weight is 704 g/mol. The van der Waals surface area contributed by atoms with Crippen molar-refractivity contribution >= 4 is 5.91 Å². The summed E-state index contributed by atoms with van der Waals surface area (Å²) in [6.07, 6.45) is 50.4. The number of hydrogen-bond acceptors (Lipinski definition) is 4. The van der Waals surface area contributed by atoms with Crippen LogP contribution in [0, 0.1) is 0 Å². The number of rotatable bonds is 39. The Morgan fingerprint density at radius 3 is 1.24 bits per heavy atom. The van der Waals surface area contributed by atoms with Crippen molar-refractivity contribution in [1.29, 1.82) is 0 Å². The quantitative estimate of drug-likeness (QED) is 0.0379. The molecule has 5 heteroatoms. The van der Waals surface area contributed by atoms with Crippen LogP contribution >= 0.6 is 0 Å². The minimum Gasteiger partial charge on any atom is -0.394 e. The van der Waals surface area contributed by atoms with E-state index in [1.165, 1.54) is 154 Å². The monoisotopic (exact) mass is 704 g/mol. The molecule has 0 bridgehead atoms. The highest BCUT2D eigenvalue weighted by molar-refractivity contribution is 5.80. The van der Waals surface area contributed by atoms with Gasteiger partial charge < -0.3 is 20.6 Å². The van der Waals surface area contributed by atoms with Crippen LogP contribution in [0.1, 0.15) is 219 Å². The molecule has 0 radical (unpaired) electrons. The number of amides is 1. The zero-order valence-corrected chi connectivity index (χ0v) is 33.3. The van der Waals surface area contributed by atoms with Crippen LogP contribution in [0.3, 0.4) is 0 Å². The van der Waals surface area contributed by atoms with Crippen LogP contribution in [0.25, 0.3) is 0 Å². The first-order valence-electron chi connectivity index (χ1n) is 21.8. The second-order valence-corrected chi connectivity index (χ2v) is 14.9. The summed E-state index contributed by atoms with van der Waals surface area (Å²) in [4.78, 5) is 12.4. The molecule has 0 aliphatic heterocycles. The van der Waals surface area contributed by atoms with E-state index >= 15 is 0 Å². The summed E-state index contributed by atoms with van der Waals surface area (Å²) in [7, 11) is 0. The van der Waals surface area contributed by atoms with E-state index in [2.05, 4.69) is 43.5 Å². The van der Waals surface area contributed by atoms with Gasteiger partial charge in [-0.25, -0.2) is 0 Å². The van der Waals surface area contributed by atoms with E-state index in [-0.39, 0.29) is 6.61 Å². The predicted octanol–water partition coefficient (Wildman–Crippen LogP) is 12.4. The summed E-state index contributed by atoms with van der Waals surface area (Å²) >= 11 is 0. The maximum absolute atomic E-state index is 12.4. The number of aliphatic hydroxyl groups excluding tert-OH is 3. The first-order chi connectivity index (χ1) is 24.6. The molecule has 5 nitrogen and oxygen atoms in total. The smallest absolute Gasteiger partial charge is 0.249 e. The topological polar surface area (TPSA) is 89.8 Å². The molecule has 0 aromatic carbocycles. The molecule has 0 aliphatic carbocycles. The molecule has 0 aromatic heterocycles. The molecule has 294 valence electrons. The average Bonchev–Trinajstić information content (AvgIpc) is 3.12. The highest BCUT2D eigenvalue weighted by Crippen LogP contribution is 2.15. The molecule has 4 N–H and O–H groups in total. The van der Waals surface area contributed by atoms with Gasteiger partial charge in [0, 0.05) is 0 Å². The van der Waals surface area contributed by atoms with E-state index in [1.54, 1.807) is 6.08 Å². The Morgan fingerprint density at radius 2 is 0.820 bits per heavy atom. The third kappa shape index (κ3) is 35.0. The minimum absolute atomic E-state index is 0.378. The van der Waals surface area contributed by atoms with E-state index < -0.39 is 24.2 Å². The van der Waals surface area contributed by atoms with Gasteiger partial charge in [-0.1, -0.05) is 198 Å². The van der Waals surface area contributed by atoms with Crippen molar-refractivity contribution in [1.82, 2.24) is 5.32 Å². The van der Waals surface area contributed by atoms with Crippen LogP contribution in [0.2, 0.25) is 0 Å². The number of allylic oxidation sites excluding steroid dienone is 5. The van der Waals surface area contributed by atoms with Gasteiger partial charge in [-0.15, -0.1) is 0 Å². The molecule has 3 atom stereocenters. The Bertz CT molecular complexity index is 779. The summed E-state index contributed by atoms with van der Waals surface area (Å²) in [5.74, 6) is -0.519. The molecule has 0 spiro atoms. The molecule has 3 unspecified atom stereocenters. The van der Waals surface area contributed by atoms with Gasteiger partial charge in [0.25, 0.3) is 0 Å². The second-order valence-electron chi connectivity index (χ2n) is 14.9. The first-order valence-corrected chi connectivity index (χ1v) is 21.8. The number of carbonyl (C=O) groups is 1. The summed E-state index contributed by atoms with van der Waals surface area (Å²) < 4.78 is 0. The van der Waals surface area contributed by atoms with Gasteiger partial charge in [0.15, 0.2) is 0 Å². The lowest BCUT2D eigenvalue weighted by molar-refractivity contribution is -0.131.